The number of hydrogen-bond donors (Lipinski definition) is 5. The summed E-state index contributed by atoms with van der Waals surface area (Å²) in [6, 6.07) is 4.07. The number of benzene rings is 1. The highest BCUT2D eigenvalue weighted by atomic mass is 35.5. The highest BCUT2D eigenvalue weighted by molar-refractivity contribution is 7.19. The van der Waals surface area contributed by atoms with Gasteiger partial charge in [0.25, 0.3) is 5.91 Å². The third kappa shape index (κ3) is 3.71. The Bertz CT molecular complexity index is 1530. The number of ketones is 2. The number of phenols is 1. The van der Waals surface area contributed by atoms with E-state index in [1.165, 1.54) is 16.2 Å². The lowest BCUT2D eigenvalue weighted by molar-refractivity contribution is -0.153. The highest BCUT2D eigenvalue weighted by Crippen LogP contribution is 2.55. The number of rotatable bonds is 4. The van der Waals surface area contributed by atoms with Crippen molar-refractivity contribution in [2.24, 2.45) is 17.6 Å². The Kier molecular flexibility index (Phi) is 6.34. The lowest BCUT2D eigenvalue weighted by atomic mass is 9.57. The molecular weight excluding hydrogens is 546 g/mol. The maximum Gasteiger partial charge on any atom is 0.255 e. The fourth-order valence-electron chi connectivity index (χ4n) is 6.34. The Balaban J connectivity index is 1.78. The molecule has 39 heavy (non-hydrogen) atoms. The van der Waals surface area contributed by atoms with E-state index in [0.717, 1.165) is 0 Å². The van der Waals surface area contributed by atoms with Gasteiger partial charge in [-0.25, -0.2) is 0 Å². The third-order valence-electron chi connectivity index (χ3n) is 8.02. The molecule has 4 unspecified atom stereocenters. The van der Waals surface area contributed by atoms with Gasteiger partial charge in [-0.1, -0.05) is 11.6 Å². The topological polar surface area (TPSA) is 165 Å². The summed E-state index contributed by atoms with van der Waals surface area (Å²) >= 11 is 7.36. The highest BCUT2D eigenvalue weighted by Gasteiger charge is 2.64. The zero-order valence-corrected chi connectivity index (χ0v) is 23.2. The van der Waals surface area contributed by atoms with E-state index in [0.29, 0.717) is 26.0 Å². The number of nitrogens with two attached hydrogens (primary N) is 1. The van der Waals surface area contributed by atoms with Gasteiger partial charge in [0.05, 0.1) is 15.9 Å². The maximum absolute atomic E-state index is 14.0. The fraction of sp³-hybridized carbons (Fsp3) is 0.370. The van der Waals surface area contributed by atoms with E-state index < -0.39 is 58.0 Å². The molecule has 2 aromatic rings. The van der Waals surface area contributed by atoms with Crippen LogP contribution in [0.25, 0.3) is 16.2 Å². The second-order valence-corrected chi connectivity index (χ2v) is 12.3. The van der Waals surface area contributed by atoms with Crippen molar-refractivity contribution in [1.82, 2.24) is 4.90 Å². The van der Waals surface area contributed by atoms with Crippen molar-refractivity contribution < 1.29 is 34.8 Å². The molecule has 0 aliphatic heterocycles. The van der Waals surface area contributed by atoms with Gasteiger partial charge in [-0.15, -0.1) is 11.3 Å². The molecule has 3 aliphatic rings. The van der Waals surface area contributed by atoms with Crippen LogP contribution in [-0.4, -0.2) is 82.6 Å². The molecule has 1 fully saturated rings. The van der Waals surface area contributed by atoms with Crippen LogP contribution >= 0.6 is 22.9 Å². The Morgan fingerprint density at radius 1 is 1.15 bits per heavy atom. The average Bonchev–Trinajstić information content (AvgIpc) is 3.26. The monoisotopic (exact) mass is 573 g/mol. The normalized spacial score (nSPS) is 26.5. The predicted octanol–water partition coefficient (Wildman–Crippen LogP) is 2.41. The minimum atomic E-state index is -2.68. The van der Waals surface area contributed by atoms with Gasteiger partial charge < -0.3 is 31.1 Å². The van der Waals surface area contributed by atoms with Crippen molar-refractivity contribution in [3.05, 3.63) is 50.6 Å². The number of phenolic OH excluding ortho intramolecular Hbond substituents is 1. The standard InChI is InChI=1S/C27H28ClN3O7S/c1-30(2)14-9-12(15-5-6-16(28)39-15)21(32)18-11(14)7-10-8-13-20(31(3)4)23(34)19(26(29)37)25(36)27(13,38)24(35)17(10)22(18)33/h5-6,9-10,13,20,32-33,36,38H,7-8H2,1-4H3,(H2,29,37). The molecule has 4 atom stereocenters. The minimum Gasteiger partial charge on any atom is -0.508 e. The minimum absolute atomic E-state index is 0.0294. The largest absolute Gasteiger partial charge is 0.508 e. The number of aromatic hydroxyl groups is 1. The smallest absolute Gasteiger partial charge is 0.255 e. The van der Waals surface area contributed by atoms with Crippen molar-refractivity contribution in [3.63, 3.8) is 0 Å². The number of aliphatic hydroxyl groups is 3. The lowest BCUT2D eigenvalue weighted by Crippen LogP contribution is -2.65. The van der Waals surface area contributed by atoms with Gasteiger partial charge in [-0.05, 0) is 56.6 Å². The molecule has 3 aliphatic carbocycles. The van der Waals surface area contributed by atoms with Gasteiger partial charge in [0.2, 0.25) is 5.78 Å². The summed E-state index contributed by atoms with van der Waals surface area (Å²) in [5.41, 5.74) is 3.39. The first-order valence-corrected chi connectivity index (χ1v) is 13.4. The third-order valence-corrected chi connectivity index (χ3v) is 9.28. The zero-order valence-electron chi connectivity index (χ0n) is 21.6. The summed E-state index contributed by atoms with van der Waals surface area (Å²) in [5, 5.41) is 45.7. The molecule has 1 amide bonds. The molecule has 1 saturated carbocycles. The van der Waals surface area contributed by atoms with Crippen molar-refractivity contribution in [2.45, 2.75) is 24.5 Å². The van der Waals surface area contributed by atoms with E-state index in [1.807, 2.05) is 19.0 Å². The van der Waals surface area contributed by atoms with Crippen LogP contribution in [-0.2, 0) is 20.8 Å². The number of thiophene rings is 1. The molecule has 1 aromatic heterocycles. The second kappa shape index (κ2) is 9.09. The summed E-state index contributed by atoms with van der Waals surface area (Å²) in [6.45, 7) is 0. The van der Waals surface area contributed by atoms with Gasteiger partial charge in [0.1, 0.15) is 22.8 Å². The number of anilines is 1. The van der Waals surface area contributed by atoms with E-state index in [2.05, 4.69) is 0 Å². The number of amides is 1. The molecule has 10 nitrogen and oxygen atoms in total. The Hall–Kier alpha value is -3.38. The number of aliphatic hydroxyl groups excluding tert-OH is 2. The fourth-order valence-corrected chi connectivity index (χ4v) is 7.40. The zero-order chi connectivity index (χ0) is 28.7. The summed E-state index contributed by atoms with van der Waals surface area (Å²) in [5.74, 6) is -6.78. The number of likely N-dealkylation sites (N-methyl/N-ethyl adjacent to an activating group) is 1. The van der Waals surface area contributed by atoms with Crippen LogP contribution in [0.1, 0.15) is 17.5 Å². The molecule has 1 heterocycles. The van der Waals surface area contributed by atoms with Crippen molar-refractivity contribution in [2.75, 3.05) is 33.1 Å². The Morgan fingerprint density at radius 2 is 1.82 bits per heavy atom. The number of carbonyl (C=O) groups is 3. The maximum atomic E-state index is 14.0. The number of Topliss-reactive ketones (excluding diaryl/α,β-unsaturated/α-hetero) is 2. The van der Waals surface area contributed by atoms with Crippen LogP contribution in [0.4, 0.5) is 5.69 Å². The Labute approximate surface area is 233 Å². The van der Waals surface area contributed by atoms with Gasteiger partial charge in [-0.3, -0.25) is 19.3 Å². The number of nitrogens with zero attached hydrogens (tertiary/aromatic N) is 2. The average molecular weight is 574 g/mol. The molecule has 0 bridgehead atoms. The first-order chi connectivity index (χ1) is 18.2. The van der Waals surface area contributed by atoms with Gasteiger partial charge in [-0.2, -0.15) is 0 Å². The molecule has 1 aromatic carbocycles. The molecule has 5 rings (SSSR count). The first-order valence-electron chi connectivity index (χ1n) is 12.2. The van der Waals surface area contributed by atoms with Crippen LogP contribution in [0, 0.1) is 11.8 Å². The van der Waals surface area contributed by atoms with Crippen molar-refractivity contribution in [1.29, 1.82) is 0 Å². The van der Waals surface area contributed by atoms with Crippen molar-refractivity contribution >= 4 is 51.9 Å². The molecule has 6 N–H and O–H groups in total. The predicted molar refractivity (Wildman–Crippen MR) is 147 cm³/mol. The van der Waals surface area contributed by atoms with E-state index in [9.17, 15) is 34.8 Å². The van der Waals surface area contributed by atoms with E-state index >= 15 is 0 Å². The van der Waals surface area contributed by atoms with Crippen LogP contribution in [0.15, 0.2) is 35.1 Å². The lowest BCUT2D eigenvalue weighted by Gasteiger charge is -2.50. The summed E-state index contributed by atoms with van der Waals surface area (Å²) in [4.78, 5) is 43.3. The number of primary amides is 1. The summed E-state index contributed by atoms with van der Waals surface area (Å²) in [7, 11) is 6.76. The number of fused-ring (bicyclic) bond motifs is 3. The molecule has 0 spiro atoms. The molecule has 206 valence electrons. The van der Waals surface area contributed by atoms with Gasteiger partial charge >= 0.3 is 0 Å². The van der Waals surface area contributed by atoms with E-state index in [-0.39, 0.29) is 29.7 Å². The van der Waals surface area contributed by atoms with Gasteiger partial charge in [0, 0.05) is 41.7 Å². The number of halogens is 1. The molecular formula is C27H28ClN3O7S. The van der Waals surface area contributed by atoms with Crippen molar-refractivity contribution in [3.8, 4) is 16.2 Å². The van der Waals surface area contributed by atoms with Gasteiger partial charge in [0.15, 0.2) is 11.4 Å². The van der Waals surface area contributed by atoms with E-state index in [4.69, 9.17) is 17.3 Å². The van der Waals surface area contributed by atoms with E-state index in [1.54, 1.807) is 32.3 Å². The molecule has 12 heteroatoms. The summed E-state index contributed by atoms with van der Waals surface area (Å²) in [6.07, 6.45) is 0.239. The van der Waals surface area contributed by atoms with Crippen LogP contribution in [0.3, 0.4) is 0 Å². The Morgan fingerprint density at radius 3 is 2.36 bits per heavy atom. The first kappa shape index (κ1) is 27.2. The van der Waals surface area contributed by atoms with Crippen LogP contribution in [0.5, 0.6) is 5.75 Å². The molecule has 0 radical (unpaired) electrons. The molecule has 0 saturated heterocycles. The quantitative estimate of drug-likeness (QED) is 0.345. The number of hydrogen-bond acceptors (Lipinski definition) is 10. The SMILES string of the molecule is CN(C)c1cc(-c2ccc(Cl)s2)c(O)c2c1CC1CC3C(N(C)C)C(=O)C(C(N)=O)=C(O)C3(O)C(=O)C1=C2O. The van der Waals surface area contributed by atoms with Crippen LogP contribution < -0.4 is 10.6 Å². The number of carbonyl (C=O) groups excluding carboxylic acids is 3. The van der Waals surface area contributed by atoms with Crippen LogP contribution in [0.2, 0.25) is 4.34 Å². The summed E-state index contributed by atoms with van der Waals surface area (Å²) < 4.78 is 0.502. The second-order valence-electron chi connectivity index (χ2n) is 10.6.